The van der Waals surface area contributed by atoms with E-state index in [2.05, 4.69) is 10.6 Å². The first-order valence-corrected chi connectivity index (χ1v) is 4.40. The van der Waals surface area contributed by atoms with Gasteiger partial charge in [0.2, 0.25) is 5.91 Å². The van der Waals surface area contributed by atoms with Gasteiger partial charge in [-0.15, -0.1) is 0 Å². The van der Waals surface area contributed by atoms with E-state index in [4.69, 9.17) is 0 Å². The molecule has 0 aliphatic carbocycles. The molecule has 1 aliphatic rings. The molecule has 1 fully saturated rings. The van der Waals surface area contributed by atoms with E-state index >= 15 is 0 Å². The highest BCUT2D eigenvalue weighted by molar-refractivity contribution is 5.76. The number of alkyl halides is 2. The third kappa shape index (κ3) is 3.26. The highest BCUT2D eigenvalue weighted by Crippen LogP contribution is 2.06. The van der Waals surface area contributed by atoms with Crippen LogP contribution in [0.25, 0.3) is 0 Å². The Kier molecular flexibility index (Phi) is 3.59. The minimum Gasteiger partial charge on any atom is -0.355 e. The van der Waals surface area contributed by atoms with Gasteiger partial charge in [0.05, 0.1) is 6.04 Å². The molecule has 5 heteroatoms. The van der Waals surface area contributed by atoms with Gasteiger partial charge in [0, 0.05) is 19.0 Å². The van der Waals surface area contributed by atoms with E-state index in [-0.39, 0.29) is 11.9 Å². The van der Waals surface area contributed by atoms with Crippen molar-refractivity contribution in [3.05, 3.63) is 0 Å². The Hall–Kier alpha value is -0.710. The first-order valence-electron chi connectivity index (χ1n) is 4.40. The average molecular weight is 192 g/mol. The summed E-state index contributed by atoms with van der Waals surface area (Å²) >= 11 is 0. The summed E-state index contributed by atoms with van der Waals surface area (Å²) in [6.45, 7) is 1.90. The summed E-state index contributed by atoms with van der Waals surface area (Å²) in [5, 5.41) is 5.40. The first kappa shape index (κ1) is 10.4. The Morgan fingerprint density at radius 3 is 2.77 bits per heavy atom. The van der Waals surface area contributed by atoms with Crippen molar-refractivity contribution in [3.8, 4) is 0 Å². The predicted octanol–water partition coefficient (Wildman–Crippen LogP) is 0.508. The van der Waals surface area contributed by atoms with E-state index in [0.29, 0.717) is 19.4 Å². The highest BCUT2D eigenvalue weighted by Gasteiger charge is 2.22. The molecule has 1 rings (SSSR count). The van der Waals surface area contributed by atoms with Gasteiger partial charge in [-0.05, 0) is 13.3 Å². The van der Waals surface area contributed by atoms with Gasteiger partial charge in [-0.25, -0.2) is 8.78 Å². The fraction of sp³-hybridized carbons (Fsp3) is 0.875. The summed E-state index contributed by atoms with van der Waals surface area (Å²) in [6.07, 6.45) is -1.28. The normalized spacial score (nSPS) is 25.8. The van der Waals surface area contributed by atoms with Gasteiger partial charge < -0.3 is 10.6 Å². The van der Waals surface area contributed by atoms with Crippen LogP contribution >= 0.6 is 0 Å². The summed E-state index contributed by atoms with van der Waals surface area (Å²) in [4.78, 5) is 10.7. The van der Waals surface area contributed by atoms with E-state index < -0.39 is 12.5 Å². The summed E-state index contributed by atoms with van der Waals surface area (Å²) in [5.41, 5.74) is 0. The lowest BCUT2D eigenvalue weighted by Gasteiger charge is -2.26. The molecule has 13 heavy (non-hydrogen) atoms. The maximum absolute atomic E-state index is 12.1. The summed E-state index contributed by atoms with van der Waals surface area (Å²) in [7, 11) is 0. The minimum absolute atomic E-state index is 0.00255. The topological polar surface area (TPSA) is 41.1 Å². The number of rotatable bonds is 3. The fourth-order valence-corrected chi connectivity index (χ4v) is 1.32. The van der Waals surface area contributed by atoms with Crippen molar-refractivity contribution in [2.24, 2.45) is 0 Å². The molecule has 3 nitrogen and oxygen atoms in total. The number of nitrogens with one attached hydrogen (secondary N) is 2. The summed E-state index contributed by atoms with van der Waals surface area (Å²) in [5.74, 6) is 0.00255. The number of hydrogen-bond acceptors (Lipinski definition) is 2. The molecule has 1 heterocycles. The van der Waals surface area contributed by atoms with Crippen molar-refractivity contribution in [2.45, 2.75) is 38.3 Å². The Morgan fingerprint density at radius 1 is 1.62 bits per heavy atom. The monoisotopic (exact) mass is 192 g/mol. The molecule has 1 aliphatic heterocycles. The Morgan fingerprint density at radius 2 is 2.31 bits per heavy atom. The largest absolute Gasteiger partial charge is 0.355 e. The number of halogens is 2. The number of carbonyl (C=O) groups is 1. The van der Waals surface area contributed by atoms with Gasteiger partial charge in [0.1, 0.15) is 0 Å². The van der Waals surface area contributed by atoms with Crippen LogP contribution < -0.4 is 10.6 Å². The van der Waals surface area contributed by atoms with Crippen LogP contribution in [-0.4, -0.2) is 31.0 Å². The predicted molar refractivity (Wildman–Crippen MR) is 44.6 cm³/mol. The van der Waals surface area contributed by atoms with Crippen LogP contribution in [0.1, 0.15) is 19.8 Å². The molecule has 1 amide bonds. The van der Waals surface area contributed by atoms with Crippen LogP contribution in [-0.2, 0) is 4.79 Å². The van der Waals surface area contributed by atoms with Crippen molar-refractivity contribution in [2.75, 3.05) is 6.54 Å². The van der Waals surface area contributed by atoms with Crippen molar-refractivity contribution in [1.82, 2.24) is 10.6 Å². The second-order valence-corrected chi connectivity index (χ2v) is 3.33. The maximum atomic E-state index is 12.1. The molecular formula is C8H14F2N2O. The quantitative estimate of drug-likeness (QED) is 0.684. The minimum atomic E-state index is -2.35. The Bertz CT molecular complexity index is 177. The molecule has 0 aromatic carbocycles. The number of amides is 1. The van der Waals surface area contributed by atoms with Crippen LogP contribution in [0.2, 0.25) is 0 Å². The smallest absolute Gasteiger partial charge is 0.253 e. The van der Waals surface area contributed by atoms with Crippen molar-refractivity contribution >= 4 is 5.91 Å². The third-order valence-electron chi connectivity index (χ3n) is 2.14. The van der Waals surface area contributed by atoms with E-state index in [9.17, 15) is 13.6 Å². The molecule has 0 aromatic heterocycles. The van der Waals surface area contributed by atoms with Gasteiger partial charge >= 0.3 is 0 Å². The highest BCUT2D eigenvalue weighted by atomic mass is 19.3. The molecule has 0 bridgehead atoms. The van der Waals surface area contributed by atoms with Crippen molar-refractivity contribution in [3.63, 3.8) is 0 Å². The molecular weight excluding hydrogens is 178 g/mol. The molecule has 0 saturated carbocycles. The van der Waals surface area contributed by atoms with Crippen LogP contribution in [0.3, 0.4) is 0 Å². The van der Waals surface area contributed by atoms with Gasteiger partial charge in [-0.3, -0.25) is 4.79 Å². The van der Waals surface area contributed by atoms with Crippen LogP contribution in [0.4, 0.5) is 8.78 Å². The first-order chi connectivity index (χ1) is 6.09. The summed E-state index contributed by atoms with van der Waals surface area (Å²) in [6, 6.07) is -0.818. The van der Waals surface area contributed by atoms with Gasteiger partial charge in [-0.2, -0.15) is 0 Å². The zero-order chi connectivity index (χ0) is 9.84. The van der Waals surface area contributed by atoms with Crippen molar-refractivity contribution < 1.29 is 13.6 Å². The van der Waals surface area contributed by atoms with E-state index in [0.717, 1.165) is 0 Å². The molecule has 76 valence electrons. The Labute approximate surface area is 75.9 Å². The SMILES string of the molecule is CC(NC1CCC(=O)NC1)C(F)F. The zero-order valence-electron chi connectivity index (χ0n) is 7.52. The fourth-order valence-electron chi connectivity index (χ4n) is 1.32. The Balaban J connectivity index is 2.26. The van der Waals surface area contributed by atoms with Gasteiger partial charge in [0.15, 0.2) is 0 Å². The van der Waals surface area contributed by atoms with E-state index in [1.807, 2.05) is 0 Å². The zero-order valence-corrected chi connectivity index (χ0v) is 7.52. The lowest BCUT2D eigenvalue weighted by molar-refractivity contribution is -0.122. The number of hydrogen-bond donors (Lipinski definition) is 2. The van der Waals surface area contributed by atoms with Gasteiger partial charge in [-0.1, -0.05) is 0 Å². The van der Waals surface area contributed by atoms with E-state index in [1.165, 1.54) is 6.92 Å². The number of piperidine rings is 1. The van der Waals surface area contributed by atoms with E-state index in [1.54, 1.807) is 0 Å². The molecule has 0 radical (unpaired) electrons. The number of carbonyl (C=O) groups excluding carboxylic acids is 1. The average Bonchev–Trinajstić information content (AvgIpc) is 2.08. The molecule has 2 N–H and O–H groups in total. The maximum Gasteiger partial charge on any atom is 0.253 e. The lowest BCUT2D eigenvalue weighted by atomic mass is 10.1. The third-order valence-corrected chi connectivity index (χ3v) is 2.14. The molecule has 2 unspecified atom stereocenters. The molecule has 0 spiro atoms. The summed E-state index contributed by atoms with van der Waals surface area (Å²) < 4.78 is 24.2. The molecule has 1 saturated heterocycles. The van der Waals surface area contributed by atoms with Crippen molar-refractivity contribution in [1.29, 1.82) is 0 Å². The van der Waals surface area contributed by atoms with Crippen LogP contribution in [0, 0.1) is 0 Å². The second kappa shape index (κ2) is 4.50. The van der Waals surface area contributed by atoms with Gasteiger partial charge in [0.25, 0.3) is 6.43 Å². The van der Waals surface area contributed by atoms with Crippen LogP contribution in [0.5, 0.6) is 0 Å². The lowest BCUT2D eigenvalue weighted by Crippen LogP contribution is -2.50. The standard InChI is InChI=1S/C8H14F2N2O/c1-5(8(9)10)12-6-2-3-7(13)11-4-6/h5-6,8,12H,2-4H2,1H3,(H,11,13). The molecule has 2 atom stereocenters. The molecule has 0 aromatic rings. The van der Waals surface area contributed by atoms with Crippen LogP contribution in [0.15, 0.2) is 0 Å². The second-order valence-electron chi connectivity index (χ2n) is 3.33.